The number of carbonyl (C=O) groups is 1. The van der Waals surface area contributed by atoms with E-state index in [9.17, 15) is 4.79 Å². The predicted octanol–water partition coefficient (Wildman–Crippen LogP) is 4.20. The number of aliphatic imine (C=N–C) groups is 1. The molecule has 2 aliphatic heterocycles. The number of amides is 1. The lowest BCUT2D eigenvalue weighted by Gasteiger charge is -2.47. The van der Waals surface area contributed by atoms with E-state index in [1.54, 1.807) is 19.4 Å². The predicted molar refractivity (Wildman–Crippen MR) is 130 cm³/mol. The van der Waals surface area contributed by atoms with E-state index in [4.69, 9.17) is 9.73 Å². The highest BCUT2D eigenvalue weighted by atomic mass is 16.5. The van der Waals surface area contributed by atoms with Crippen LogP contribution < -0.4 is 15.4 Å². The van der Waals surface area contributed by atoms with Crippen molar-refractivity contribution in [1.82, 2.24) is 9.88 Å². The normalized spacial score (nSPS) is 20.6. The van der Waals surface area contributed by atoms with Crippen LogP contribution in [0.4, 0.5) is 11.5 Å². The molecule has 1 fully saturated rings. The summed E-state index contributed by atoms with van der Waals surface area (Å²) >= 11 is 0. The van der Waals surface area contributed by atoms with Gasteiger partial charge in [0.15, 0.2) is 5.82 Å². The Kier molecular flexibility index (Phi) is 5.69. The number of nitrogens with one attached hydrogen (secondary N) is 2. The smallest absolute Gasteiger partial charge is 0.254 e. The first-order valence-electron chi connectivity index (χ1n) is 11.2. The van der Waals surface area contributed by atoms with Gasteiger partial charge in [0, 0.05) is 18.3 Å². The zero-order chi connectivity index (χ0) is 22.7. The Balaban J connectivity index is 1.46. The van der Waals surface area contributed by atoms with Crippen molar-refractivity contribution in [3.05, 3.63) is 84.1 Å². The van der Waals surface area contributed by atoms with Crippen LogP contribution in [-0.4, -0.2) is 47.4 Å². The maximum absolute atomic E-state index is 13.4. The van der Waals surface area contributed by atoms with Crippen molar-refractivity contribution in [3.63, 3.8) is 0 Å². The zero-order valence-electron chi connectivity index (χ0n) is 18.6. The standard InChI is InChI=1S/C26H27N5O2/c1-33-21-11-5-10-20(16-21)24(32)31-15-7-13-26(18-31)25(28-17-19-8-3-2-4-9-19)29-23-22(30-26)12-6-14-27-23/h2-6,8-12,14,16,30H,7,13,15,17-18H2,1H3,(H,27,28,29). The molecule has 0 bridgehead atoms. The molecule has 2 aliphatic rings. The minimum Gasteiger partial charge on any atom is -0.497 e. The van der Waals surface area contributed by atoms with E-state index in [2.05, 4.69) is 27.8 Å². The van der Waals surface area contributed by atoms with E-state index >= 15 is 0 Å². The number of likely N-dealkylation sites (tertiary alicyclic amines) is 1. The molecule has 33 heavy (non-hydrogen) atoms. The van der Waals surface area contributed by atoms with Crippen molar-refractivity contribution in [2.24, 2.45) is 4.99 Å². The van der Waals surface area contributed by atoms with Crippen LogP contribution in [0.1, 0.15) is 28.8 Å². The number of amidine groups is 1. The Labute approximate surface area is 193 Å². The van der Waals surface area contributed by atoms with Crippen LogP contribution in [0.25, 0.3) is 0 Å². The Morgan fingerprint density at radius 1 is 1.15 bits per heavy atom. The second-order valence-electron chi connectivity index (χ2n) is 8.44. The quantitative estimate of drug-likeness (QED) is 0.634. The molecule has 0 saturated carbocycles. The number of ether oxygens (including phenoxy) is 1. The molecule has 3 heterocycles. The number of piperidine rings is 1. The number of nitrogens with zero attached hydrogens (tertiary/aromatic N) is 3. The molecule has 1 unspecified atom stereocenters. The van der Waals surface area contributed by atoms with Crippen molar-refractivity contribution in [2.75, 3.05) is 30.8 Å². The number of carbonyl (C=O) groups excluding carboxylic acids is 1. The largest absolute Gasteiger partial charge is 0.497 e. The van der Waals surface area contributed by atoms with Crippen LogP contribution in [-0.2, 0) is 6.54 Å². The van der Waals surface area contributed by atoms with Gasteiger partial charge in [-0.05, 0) is 48.7 Å². The lowest BCUT2D eigenvalue weighted by atomic mass is 9.85. The molecule has 168 valence electrons. The second-order valence-corrected chi connectivity index (χ2v) is 8.44. The van der Waals surface area contributed by atoms with Gasteiger partial charge in [-0.3, -0.25) is 9.79 Å². The Morgan fingerprint density at radius 3 is 2.88 bits per heavy atom. The van der Waals surface area contributed by atoms with Crippen molar-refractivity contribution < 1.29 is 9.53 Å². The summed E-state index contributed by atoms with van der Waals surface area (Å²) in [5.74, 6) is 2.25. The first-order chi connectivity index (χ1) is 16.2. The maximum atomic E-state index is 13.4. The van der Waals surface area contributed by atoms with Gasteiger partial charge in [0.05, 0.1) is 25.9 Å². The molecule has 3 aromatic rings. The molecule has 2 aromatic carbocycles. The fraction of sp³-hybridized carbons (Fsp3) is 0.269. The van der Waals surface area contributed by atoms with Gasteiger partial charge < -0.3 is 20.3 Å². The molecule has 1 saturated heterocycles. The molecule has 2 N–H and O–H groups in total. The van der Waals surface area contributed by atoms with Crippen LogP contribution in [0.3, 0.4) is 0 Å². The highest BCUT2D eigenvalue weighted by Crippen LogP contribution is 2.35. The summed E-state index contributed by atoms with van der Waals surface area (Å²) in [7, 11) is 1.61. The van der Waals surface area contributed by atoms with Gasteiger partial charge in [0.25, 0.3) is 5.91 Å². The summed E-state index contributed by atoms with van der Waals surface area (Å²) in [6.45, 7) is 1.77. The third kappa shape index (κ3) is 4.26. The number of rotatable bonds is 4. The number of pyridine rings is 1. The van der Waals surface area contributed by atoms with Crippen LogP contribution >= 0.6 is 0 Å². The van der Waals surface area contributed by atoms with Crippen molar-refractivity contribution in [2.45, 2.75) is 24.9 Å². The monoisotopic (exact) mass is 441 g/mol. The Morgan fingerprint density at radius 2 is 2.03 bits per heavy atom. The summed E-state index contributed by atoms with van der Waals surface area (Å²) in [5, 5.41) is 7.15. The second kappa shape index (κ2) is 8.94. The lowest BCUT2D eigenvalue weighted by Crippen LogP contribution is -2.62. The topological polar surface area (TPSA) is 78.8 Å². The molecule has 5 rings (SSSR count). The summed E-state index contributed by atoms with van der Waals surface area (Å²) in [6, 6.07) is 21.4. The number of hydrogen-bond donors (Lipinski definition) is 2. The molecule has 1 atom stereocenters. The summed E-state index contributed by atoms with van der Waals surface area (Å²) in [5.41, 5.74) is 2.18. The van der Waals surface area contributed by atoms with Crippen molar-refractivity contribution in [1.29, 1.82) is 0 Å². The fourth-order valence-electron chi connectivity index (χ4n) is 4.56. The Bertz CT molecular complexity index is 1180. The summed E-state index contributed by atoms with van der Waals surface area (Å²) in [6.07, 6.45) is 3.49. The number of hydrogen-bond acceptors (Lipinski definition) is 5. The SMILES string of the molecule is COc1cccc(C(=O)N2CCCC3(C2)Nc2cccnc2NC3=NCc2ccccc2)c1. The highest BCUT2D eigenvalue weighted by molar-refractivity contribution is 6.09. The van der Waals surface area contributed by atoms with Crippen LogP contribution in [0.15, 0.2) is 77.9 Å². The first kappa shape index (κ1) is 21.0. The molecule has 7 heteroatoms. The van der Waals surface area contributed by atoms with Crippen molar-refractivity contribution >= 4 is 23.2 Å². The molecular weight excluding hydrogens is 414 g/mol. The van der Waals surface area contributed by atoms with Gasteiger partial charge in [0.1, 0.15) is 17.1 Å². The average Bonchev–Trinajstić information content (AvgIpc) is 2.87. The zero-order valence-corrected chi connectivity index (χ0v) is 18.6. The van der Waals surface area contributed by atoms with Crippen molar-refractivity contribution in [3.8, 4) is 5.75 Å². The average molecular weight is 442 g/mol. The molecule has 1 aromatic heterocycles. The third-order valence-corrected chi connectivity index (χ3v) is 6.23. The molecule has 7 nitrogen and oxygen atoms in total. The molecular formula is C26H27N5O2. The van der Waals surface area contributed by atoms with Gasteiger partial charge in [-0.25, -0.2) is 4.98 Å². The molecule has 0 aliphatic carbocycles. The highest BCUT2D eigenvalue weighted by Gasteiger charge is 2.45. The minimum absolute atomic E-state index is 0.00540. The van der Waals surface area contributed by atoms with E-state index < -0.39 is 5.54 Å². The van der Waals surface area contributed by atoms with E-state index in [0.717, 1.165) is 35.7 Å². The Hall–Kier alpha value is -3.87. The summed E-state index contributed by atoms with van der Waals surface area (Å²) < 4.78 is 5.31. The number of benzene rings is 2. The summed E-state index contributed by atoms with van der Waals surface area (Å²) in [4.78, 5) is 24.7. The van der Waals surface area contributed by atoms with Crippen LogP contribution in [0.5, 0.6) is 5.75 Å². The number of methoxy groups -OCH3 is 1. The van der Waals surface area contributed by atoms with Gasteiger partial charge in [-0.15, -0.1) is 0 Å². The maximum Gasteiger partial charge on any atom is 0.254 e. The first-order valence-corrected chi connectivity index (χ1v) is 11.2. The number of fused-ring (bicyclic) bond motifs is 1. The van der Waals surface area contributed by atoms with Gasteiger partial charge >= 0.3 is 0 Å². The van der Waals surface area contributed by atoms with Crippen LogP contribution in [0.2, 0.25) is 0 Å². The van der Waals surface area contributed by atoms with Gasteiger partial charge in [-0.1, -0.05) is 36.4 Å². The van der Waals surface area contributed by atoms with E-state index in [1.165, 1.54) is 0 Å². The number of aromatic nitrogens is 1. The van der Waals surface area contributed by atoms with Crippen LogP contribution in [0, 0.1) is 0 Å². The third-order valence-electron chi connectivity index (χ3n) is 6.23. The van der Waals surface area contributed by atoms with Gasteiger partial charge in [0.2, 0.25) is 0 Å². The molecule has 0 radical (unpaired) electrons. The fourth-order valence-corrected chi connectivity index (χ4v) is 4.56. The van der Waals surface area contributed by atoms with E-state index in [0.29, 0.717) is 30.9 Å². The van der Waals surface area contributed by atoms with E-state index in [1.807, 2.05) is 53.4 Å². The minimum atomic E-state index is -0.502. The van der Waals surface area contributed by atoms with Gasteiger partial charge in [-0.2, -0.15) is 0 Å². The van der Waals surface area contributed by atoms with E-state index in [-0.39, 0.29) is 5.91 Å². The molecule has 1 amide bonds. The molecule has 1 spiro atoms. The number of anilines is 2. The lowest BCUT2D eigenvalue weighted by molar-refractivity contribution is 0.0694.